The number of ether oxygens (including phenoxy) is 1. The maximum atomic E-state index is 11.6. The Morgan fingerprint density at radius 1 is 1.41 bits per heavy atom. The Labute approximate surface area is 101 Å². The Bertz CT molecular complexity index is 432. The molecule has 0 aromatic heterocycles. The number of hydrogen-bond acceptors (Lipinski definition) is 3. The zero-order chi connectivity index (χ0) is 12.8. The molecule has 0 bridgehead atoms. The van der Waals surface area contributed by atoms with Crippen molar-refractivity contribution in [2.75, 3.05) is 7.11 Å². The van der Waals surface area contributed by atoms with Crippen molar-refractivity contribution in [1.29, 1.82) is 0 Å². The first-order chi connectivity index (χ1) is 8.11. The summed E-state index contributed by atoms with van der Waals surface area (Å²) in [5.41, 5.74) is 1.77. The molecule has 0 spiro atoms. The second kappa shape index (κ2) is 6.01. The predicted octanol–water partition coefficient (Wildman–Crippen LogP) is 2.18. The van der Waals surface area contributed by atoms with Crippen LogP contribution in [-0.4, -0.2) is 24.3 Å². The van der Waals surface area contributed by atoms with Crippen LogP contribution in [0.5, 0.6) is 0 Å². The second-order valence-corrected chi connectivity index (χ2v) is 3.58. The number of rotatable bonds is 4. The van der Waals surface area contributed by atoms with E-state index in [1.807, 2.05) is 30.3 Å². The Morgan fingerprint density at radius 3 is 2.47 bits per heavy atom. The summed E-state index contributed by atoms with van der Waals surface area (Å²) in [6.07, 6.45) is 0.279. The van der Waals surface area contributed by atoms with E-state index in [-0.39, 0.29) is 5.57 Å². The van der Waals surface area contributed by atoms with Crippen molar-refractivity contribution in [1.82, 2.24) is 0 Å². The highest BCUT2D eigenvalue weighted by atomic mass is 16.5. The highest BCUT2D eigenvalue weighted by Gasteiger charge is 2.20. The quantitative estimate of drug-likeness (QED) is 0.491. The van der Waals surface area contributed by atoms with E-state index in [1.165, 1.54) is 13.2 Å². The van der Waals surface area contributed by atoms with Crippen molar-refractivity contribution < 1.29 is 14.6 Å². The van der Waals surface area contributed by atoms with Crippen LogP contribution in [0.1, 0.15) is 12.5 Å². The largest absolute Gasteiger partial charge is 0.466 e. The summed E-state index contributed by atoms with van der Waals surface area (Å²) in [7, 11) is 1.29. The number of methoxy groups -OCH3 is 1. The lowest BCUT2D eigenvalue weighted by molar-refractivity contribution is -0.136. The summed E-state index contributed by atoms with van der Waals surface area (Å²) in [5, 5.41) is 9.77. The van der Waals surface area contributed by atoms with E-state index in [1.54, 1.807) is 6.92 Å². The number of allylic oxidation sites excluding steroid dienone is 1. The van der Waals surface area contributed by atoms with Crippen LogP contribution < -0.4 is 0 Å². The van der Waals surface area contributed by atoms with Gasteiger partial charge in [0.1, 0.15) is 6.10 Å². The Morgan fingerprint density at radius 2 is 2.00 bits per heavy atom. The van der Waals surface area contributed by atoms with Gasteiger partial charge in [0.15, 0.2) is 0 Å². The molecule has 0 fully saturated rings. The lowest BCUT2D eigenvalue weighted by Crippen LogP contribution is -2.18. The van der Waals surface area contributed by atoms with Crippen LogP contribution in [-0.2, 0) is 9.53 Å². The van der Waals surface area contributed by atoms with Gasteiger partial charge >= 0.3 is 5.97 Å². The molecule has 90 valence electrons. The van der Waals surface area contributed by atoms with Gasteiger partial charge in [-0.25, -0.2) is 4.79 Å². The third-order valence-corrected chi connectivity index (χ3v) is 2.54. The Kier molecular flexibility index (Phi) is 4.67. The van der Waals surface area contributed by atoms with Gasteiger partial charge in [-0.05, 0) is 18.1 Å². The minimum Gasteiger partial charge on any atom is -0.466 e. The number of aliphatic hydroxyl groups excluding tert-OH is 1. The SMILES string of the molecule is C=CC(O)/C(C(=O)OC)=C(/C)c1ccccc1. The molecule has 0 radical (unpaired) electrons. The molecule has 1 N–H and O–H groups in total. The fraction of sp³-hybridized carbons (Fsp3) is 0.214. The van der Waals surface area contributed by atoms with Gasteiger partial charge in [0.2, 0.25) is 0 Å². The number of benzene rings is 1. The third-order valence-electron chi connectivity index (χ3n) is 2.54. The van der Waals surface area contributed by atoms with Crippen molar-refractivity contribution >= 4 is 11.5 Å². The van der Waals surface area contributed by atoms with Crippen molar-refractivity contribution in [2.45, 2.75) is 13.0 Å². The molecule has 0 aliphatic carbocycles. The van der Waals surface area contributed by atoms with Crippen LogP contribution in [0.4, 0.5) is 0 Å². The zero-order valence-electron chi connectivity index (χ0n) is 10.0. The molecule has 0 saturated heterocycles. The number of carbonyl (C=O) groups is 1. The van der Waals surface area contributed by atoms with E-state index < -0.39 is 12.1 Å². The average Bonchev–Trinajstić information content (AvgIpc) is 2.39. The maximum absolute atomic E-state index is 11.6. The van der Waals surface area contributed by atoms with Crippen LogP contribution >= 0.6 is 0 Å². The molecule has 0 amide bonds. The lowest BCUT2D eigenvalue weighted by Gasteiger charge is -2.13. The summed E-state index contributed by atoms with van der Waals surface area (Å²) in [5.74, 6) is -0.543. The molecule has 0 saturated carbocycles. The molecule has 0 aliphatic rings. The smallest absolute Gasteiger partial charge is 0.337 e. The average molecular weight is 232 g/mol. The molecule has 1 atom stereocenters. The van der Waals surface area contributed by atoms with Gasteiger partial charge < -0.3 is 9.84 Å². The number of carbonyl (C=O) groups excluding carboxylic acids is 1. The standard InChI is InChI=1S/C14H16O3/c1-4-12(15)13(14(16)17-3)10(2)11-8-6-5-7-9-11/h4-9,12,15H,1H2,2-3H3/b13-10+. The molecule has 3 heteroatoms. The number of esters is 1. The van der Waals surface area contributed by atoms with Crippen molar-refractivity contribution in [3.8, 4) is 0 Å². The molecule has 1 aromatic carbocycles. The minimum absolute atomic E-state index is 0.216. The molecule has 1 unspecified atom stereocenters. The van der Waals surface area contributed by atoms with Crippen LogP contribution in [0.3, 0.4) is 0 Å². The Hall–Kier alpha value is -1.87. The minimum atomic E-state index is -1.03. The maximum Gasteiger partial charge on any atom is 0.337 e. The Balaban J connectivity index is 3.28. The van der Waals surface area contributed by atoms with Crippen LogP contribution in [0, 0.1) is 0 Å². The molecule has 1 rings (SSSR count). The predicted molar refractivity (Wildman–Crippen MR) is 67.3 cm³/mol. The van der Waals surface area contributed by atoms with Crippen molar-refractivity contribution in [2.24, 2.45) is 0 Å². The van der Waals surface area contributed by atoms with Gasteiger partial charge in [-0.15, -0.1) is 6.58 Å². The van der Waals surface area contributed by atoms with Gasteiger partial charge in [0.25, 0.3) is 0 Å². The molecular formula is C14H16O3. The van der Waals surface area contributed by atoms with Gasteiger partial charge in [-0.3, -0.25) is 0 Å². The summed E-state index contributed by atoms with van der Waals surface area (Å²) in [6.45, 7) is 5.25. The topological polar surface area (TPSA) is 46.5 Å². The normalized spacial score (nSPS) is 13.6. The number of hydrogen-bond donors (Lipinski definition) is 1. The molecule has 1 aromatic rings. The zero-order valence-corrected chi connectivity index (χ0v) is 10.0. The van der Waals surface area contributed by atoms with E-state index >= 15 is 0 Å². The van der Waals surface area contributed by atoms with Gasteiger partial charge in [-0.2, -0.15) is 0 Å². The van der Waals surface area contributed by atoms with Crippen molar-refractivity contribution in [3.63, 3.8) is 0 Å². The first kappa shape index (κ1) is 13.2. The second-order valence-electron chi connectivity index (χ2n) is 3.58. The van der Waals surface area contributed by atoms with Crippen LogP contribution in [0.15, 0.2) is 48.6 Å². The molecule has 3 nitrogen and oxygen atoms in total. The fourth-order valence-electron chi connectivity index (χ4n) is 1.57. The highest BCUT2D eigenvalue weighted by Crippen LogP contribution is 2.21. The first-order valence-corrected chi connectivity index (χ1v) is 5.27. The van der Waals surface area contributed by atoms with E-state index in [9.17, 15) is 9.90 Å². The third kappa shape index (κ3) is 3.04. The number of aliphatic hydroxyl groups is 1. The summed E-state index contributed by atoms with van der Waals surface area (Å²) < 4.78 is 4.67. The molecule has 17 heavy (non-hydrogen) atoms. The first-order valence-electron chi connectivity index (χ1n) is 5.27. The van der Waals surface area contributed by atoms with E-state index in [0.29, 0.717) is 5.57 Å². The van der Waals surface area contributed by atoms with Gasteiger partial charge in [0, 0.05) is 0 Å². The van der Waals surface area contributed by atoms with Crippen LogP contribution in [0.25, 0.3) is 5.57 Å². The van der Waals surface area contributed by atoms with Gasteiger partial charge in [-0.1, -0.05) is 36.4 Å². The lowest BCUT2D eigenvalue weighted by atomic mass is 9.97. The van der Waals surface area contributed by atoms with Crippen LogP contribution in [0.2, 0.25) is 0 Å². The van der Waals surface area contributed by atoms with E-state index in [0.717, 1.165) is 5.56 Å². The molecule has 0 heterocycles. The highest BCUT2D eigenvalue weighted by molar-refractivity contribution is 5.98. The summed E-state index contributed by atoms with van der Waals surface area (Å²) in [4.78, 5) is 11.6. The van der Waals surface area contributed by atoms with E-state index in [4.69, 9.17) is 0 Å². The monoisotopic (exact) mass is 232 g/mol. The van der Waals surface area contributed by atoms with E-state index in [2.05, 4.69) is 11.3 Å². The molecule has 0 aliphatic heterocycles. The van der Waals surface area contributed by atoms with Crippen molar-refractivity contribution in [3.05, 3.63) is 54.1 Å². The molecular weight excluding hydrogens is 216 g/mol. The van der Waals surface area contributed by atoms with Gasteiger partial charge in [0.05, 0.1) is 12.7 Å². The fourth-order valence-corrected chi connectivity index (χ4v) is 1.57. The summed E-state index contributed by atoms with van der Waals surface area (Å²) >= 11 is 0. The summed E-state index contributed by atoms with van der Waals surface area (Å²) in [6, 6.07) is 9.36.